The van der Waals surface area contributed by atoms with Crippen molar-refractivity contribution in [3.05, 3.63) is 40.4 Å². The minimum Gasteiger partial charge on any atom is -0.496 e. The number of carbonyl (C=O) groups excluding carboxylic acids is 1. The number of allylic oxidation sites excluding steroid dienone is 2. The van der Waals surface area contributed by atoms with Gasteiger partial charge >= 0.3 is 0 Å². The van der Waals surface area contributed by atoms with Crippen molar-refractivity contribution >= 4 is 17.5 Å². The van der Waals surface area contributed by atoms with Crippen molar-refractivity contribution in [1.82, 2.24) is 4.90 Å². The molecule has 1 fully saturated rings. The van der Waals surface area contributed by atoms with Crippen LogP contribution in [0.2, 0.25) is 5.02 Å². The van der Waals surface area contributed by atoms with Gasteiger partial charge in [-0.25, -0.2) is 0 Å². The maximum absolute atomic E-state index is 12.8. The lowest BCUT2D eigenvalue weighted by Crippen LogP contribution is -2.29. The zero-order valence-electron chi connectivity index (χ0n) is 14.8. The van der Waals surface area contributed by atoms with Crippen molar-refractivity contribution in [2.24, 2.45) is 17.3 Å². The summed E-state index contributed by atoms with van der Waals surface area (Å²) in [7, 11) is 3.47. The molecule has 0 N–H and O–H groups in total. The number of carbonyl (C=O) groups is 1. The van der Waals surface area contributed by atoms with Crippen LogP contribution in [0.3, 0.4) is 0 Å². The Morgan fingerprint density at radius 2 is 2.04 bits per heavy atom. The molecule has 0 aromatic heterocycles. The first-order valence-corrected chi connectivity index (χ1v) is 8.28. The lowest BCUT2D eigenvalue weighted by atomic mass is 10.1. The highest BCUT2D eigenvalue weighted by Crippen LogP contribution is 2.60. The molecule has 0 saturated heterocycles. The molecule has 3 nitrogen and oxygen atoms in total. The first kappa shape index (κ1) is 17.9. The summed E-state index contributed by atoms with van der Waals surface area (Å²) in [5.41, 5.74) is 2.21. The van der Waals surface area contributed by atoms with Gasteiger partial charge in [0.05, 0.1) is 13.0 Å². The Hall–Kier alpha value is -1.48. The third-order valence-electron chi connectivity index (χ3n) is 4.72. The molecule has 1 saturated carbocycles. The molecule has 1 aromatic carbocycles. The molecule has 0 bridgehead atoms. The molecule has 1 aromatic rings. The normalized spacial score (nSPS) is 21.5. The van der Waals surface area contributed by atoms with Gasteiger partial charge in [-0.3, -0.25) is 4.79 Å². The highest BCUT2D eigenvalue weighted by Gasteiger charge is 2.60. The Labute approximate surface area is 144 Å². The highest BCUT2D eigenvalue weighted by molar-refractivity contribution is 6.30. The molecule has 0 spiro atoms. The van der Waals surface area contributed by atoms with Crippen molar-refractivity contribution in [3.63, 3.8) is 0 Å². The quantitative estimate of drug-likeness (QED) is 0.739. The summed E-state index contributed by atoms with van der Waals surface area (Å²) in [4.78, 5) is 14.6. The summed E-state index contributed by atoms with van der Waals surface area (Å²) < 4.78 is 5.37. The number of amides is 1. The predicted octanol–water partition coefficient (Wildman–Crippen LogP) is 4.55. The van der Waals surface area contributed by atoms with Gasteiger partial charge in [-0.1, -0.05) is 37.1 Å². The van der Waals surface area contributed by atoms with Crippen LogP contribution in [0, 0.1) is 17.3 Å². The first-order chi connectivity index (χ1) is 10.7. The van der Waals surface area contributed by atoms with Gasteiger partial charge in [0.1, 0.15) is 5.75 Å². The Bertz CT molecular complexity index is 632. The van der Waals surface area contributed by atoms with E-state index in [1.807, 2.05) is 19.2 Å². The maximum atomic E-state index is 12.8. The van der Waals surface area contributed by atoms with E-state index in [-0.39, 0.29) is 17.2 Å². The fourth-order valence-corrected chi connectivity index (χ4v) is 3.46. The molecule has 1 amide bonds. The fourth-order valence-electron chi connectivity index (χ4n) is 3.26. The average molecular weight is 336 g/mol. The van der Waals surface area contributed by atoms with Crippen molar-refractivity contribution in [2.75, 3.05) is 14.2 Å². The van der Waals surface area contributed by atoms with E-state index >= 15 is 0 Å². The van der Waals surface area contributed by atoms with Crippen LogP contribution in [0.15, 0.2) is 29.8 Å². The maximum Gasteiger partial charge on any atom is 0.226 e. The van der Waals surface area contributed by atoms with Crippen LogP contribution in [0.1, 0.15) is 33.3 Å². The third kappa shape index (κ3) is 3.72. The number of benzene rings is 1. The molecular weight excluding hydrogens is 310 g/mol. The summed E-state index contributed by atoms with van der Waals surface area (Å²) >= 11 is 6.07. The molecule has 2 atom stereocenters. The zero-order valence-corrected chi connectivity index (χ0v) is 15.6. The summed E-state index contributed by atoms with van der Waals surface area (Å²) in [5.74, 6) is 1.31. The highest BCUT2D eigenvalue weighted by atomic mass is 35.5. The molecule has 0 aliphatic heterocycles. The van der Waals surface area contributed by atoms with E-state index < -0.39 is 0 Å². The number of methoxy groups -OCH3 is 1. The van der Waals surface area contributed by atoms with Crippen molar-refractivity contribution in [1.29, 1.82) is 0 Å². The molecule has 1 aliphatic carbocycles. The van der Waals surface area contributed by atoms with Crippen LogP contribution in [0.5, 0.6) is 5.75 Å². The minimum atomic E-state index is 0.0288. The van der Waals surface area contributed by atoms with E-state index in [9.17, 15) is 4.79 Å². The Balaban J connectivity index is 2.13. The molecule has 0 radical (unpaired) electrons. The van der Waals surface area contributed by atoms with Gasteiger partial charge < -0.3 is 9.64 Å². The van der Waals surface area contributed by atoms with Gasteiger partial charge in [-0.05, 0) is 43.4 Å². The van der Waals surface area contributed by atoms with E-state index in [0.717, 1.165) is 11.3 Å². The number of hydrogen-bond acceptors (Lipinski definition) is 2. The summed E-state index contributed by atoms with van der Waals surface area (Å²) in [6.45, 7) is 8.98. The number of hydrogen-bond donors (Lipinski definition) is 0. The Morgan fingerprint density at radius 1 is 1.39 bits per heavy atom. The zero-order chi connectivity index (χ0) is 17.4. The molecule has 2 rings (SSSR count). The van der Waals surface area contributed by atoms with Crippen molar-refractivity contribution in [2.45, 2.75) is 34.2 Å². The Morgan fingerprint density at radius 3 is 2.61 bits per heavy atom. The monoisotopic (exact) mass is 335 g/mol. The molecule has 0 heterocycles. The van der Waals surface area contributed by atoms with Crippen LogP contribution in [0.4, 0.5) is 0 Å². The SMILES string of the molecule is COc1ccc(Cl)cc1CN(C)C(=O)C1C(C=C(C)C)C1(C)C. The number of ether oxygens (including phenoxy) is 1. The van der Waals surface area contributed by atoms with Crippen LogP contribution < -0.4 is 4.74 Å². The van der Waals surface area contributed by atoms with Crippen LogP contribution in [-0.2, 0) is 11.3 Å². The predicted molar refractivity (Wildman–Crippen MR) is 94.7 cm³/mol. The number of rotatable bonds is 5. The van der Waals surface area contributed by atoms with E-state index in [2.05, 4.69) is 33.8 Å². The van der Waals surface area contributed by atoms with E-state index in [1.165, 1.54) is 5.57 Å². The molecule has 1 aliphatic rings. The number of nitrogens with zero attached hydrogens (tertiary/aromatic N) is 1. The van der Waals surface area contributed by atoms with Crippen LogP contribution in [-0.4, -0.2) is 25.0 Å². The first-order valence-electron chi connectivity index (χ1n) is 7.91. The standard InChI is InChI=1S/C19H26ClNO2/c1-12(2)9-15-17(19(15,3)4)18(22)21(5)11-13-10-14(20)7-8-16(13)23-6/h7-10,15,17H,11H2,1-6H3. The van der Waals surface area contributed by atoms with Gasteiger partial charge in [0.25, 0.3) is 0 Å². The second-order valence-electron chi connectivity index (χ2n) is 7.22. The van der Waals surface area contributed by atoms with Gasteiger partial charge in [0.2, 0.25) is 5.91 Å². The molecule has 126 valence electrons. The molecule has 23 heavy (non-hydrogen) atoms. The topological polar surface area (TPSA) is 29.5 Å². The third-order valence-corrected chi connectivity index (χ3v) is 4.95. The van der Waals surface area contributed by atoms with Crippen molar-refractivity contribution < 1.29 is 9.53 Å². The largest absolute Gasteiger partial charge is 0.496 e. The number of halogens is 1. The smallest absolute Gasteiger partial charge is 0.226 e. The molecule has 4 heteroatoms. The van der Waals surface area contributed by atoms with Crippen molar-refractivity contribution in [3.8, 4) is 5.75 Å². The second kappa shape index (κ2) is 6.56. The summed E-state index contributed by atoms with van der Waals surface area (Å²) in [5, 5.41) is 0.649. The van der Waals surface area contributed by atoms with Gasteiger partial charge in [0.15, 0.2) is 0 Å². The summed E-state index contributed by atoms with van der Waals surface area (Å²) in [6, 6.07) is 5.49. The van der Waals surface area contributed by atoms with E-state index in [4.69, 9.17) is 16.3 Å². The van der Waals surface area contributed by atoms with E-state index in [1.54, 1.807) is 18.1 Å². The molecular formula is C19H26ClNO2. The average Bonchev–Trinajstić information content (AvgIpc) is 2.98. The lowest BCUT2D eigenvalue weighted by molar-refractivity contribution is -0.132. The Kier molecular flexibility index (Phi) is 5.10. The summed E-state index contributed by atoms with van der Waals surface area (Å²) in [6.07, 6.45) is 2.22. The van der Waals surface area contributed by atoms with Gasteiger partial charge in [-0.15, -0.1) is 0 Å². The van der Waals surface area contributed by atoms with Gasteiger partial charge in [0, 0.05) is 24.2 Å². The lowest BCUT2D eigenvalue weighted by Gasteiger charge is -2.20. The van der Waals surface area contributed by atoms with Crippen LogP contribution >= 0.6 is 11.6 Å². The molecule has 2 unspecified atom stereocenters. The van der Waals surface area contributed by atoms with E-state index in [0.29, 0.717) is 17.5 Å². The second-order valence-corrected chi connectivity index (χ2v) is 7.66. The fraction of sp³-hybridized carbons (Fsp3) is 0.526. The van der Waals surface area contributed by atoms with Crippen LogP contribution in [0.25, 0.3) is 0 Å². The van der Waals surface area contributed by atoms with Gasteiger partial charge in [-0.2, -0.15) is 0 Å². The minimum absolute atomic E-state index is 0.0288.